The number of nitrogens with zero attached hydrogens (tertiary/aromatic N) is 5. The third-order valence-corrected chi connectivity index (χ3v) is 8.20. The van der Waals surface area contributed by atoms with Gasteiger partial charge in [-0.2, -0.15) is 5.10 Å². The summed E-state index contributed by atoms with van der Waals surface area (Å²) in [4.78, 5) is 33.4. The molecule has 4 rings (SSSR count). The molecule has 3 unspecified atom stereocenters. The minimum atomic E-state index is -0.565. The number of hydrazine groups is 1. The summed E-state index contributed by atoms with van der Waals surface area (Å²) in [6.07, 6.45) is 4.24. The van der Waals surface area contributed by atoms with E-state index in [2.05, 4.69) is 48.1 Å². The Morgan fingerprint density at radius 1 is 1.29 bits per heavy atom. The van der Waals surface area contributed by atoms with Crippen molar-refractivity contribution in [3.05, 3.63) is 23.0 Å². The van der Waals surface area contributed by atoms with Crippen molar-refractivity contribution in [2.24, 2.45) is 17.7 Å². The Hall–Kier alpha value is -2.59. The van der Waals surface area contributed by atoms with Crippen molar-refractivity contribution < 1.29 is 9.59 Å². The number of hydrogen-bond acceptors (Lipinski definition) is 6. The molecule has 0 radical (unpaired) electrons. The number of carbonyl (C=O) groups is 2. The molecule has 35 heavy (non-hydrogen) atoms. The van der Waals surface area contributed by atoms with Gasteiger partial charge in [0, 0.05) is 37.8 Å². The van der Waals surface area contributed by atoms with Gasteiger partial charge in [-0.15, -0.1) is 0 Å². The summed E-state index contributed by atoms with van der Waals surface area (Å²) in [5.41, 5.74) is 1.52. The van der Waals surface area contributed by atoms with E-state index in [-0.39, 0.29) is 23.9 Å². The van der Waals surface area contributed by atoms with E-state index in [1.807, 2.05) is 29.7 Å². The van der Waals surface area contributed by atoms with Crippen LogP contribution in [0.2, 0.25) is 0 Å². The van der Waals surface area contributed by atoms with Crippen molar-refractivity contribution in [1.82, 2.24) is 29.9 Å². The number of nitrogens with two attached hydrogens (primary N) is 1. The lowest BCUT2D eigenvalue weighted by Crippen LogP contribution is -2.60. The average molecular weight is 487 g/mol. The molecule has 0 bridgehead atoms. The third-order valence-electron chi connectivity index (χ3n) is 8.20. The van der Waals surface area contributed by atoms with Crippen molar-refractivity contribution in [1.29, 1.82) is 0 Å². The molecule has 0 saturated carbocycles. The van der Waals surface area contributed by atoms with Crippen LogP contribution in [0.15, 0.2) is 11.8 Å². The molecule has 1 aromatic rings. The normalized spacial score (nSPS) is 25.0. The Balaban J connectivity index is 1.52. The topological polar surface area (TPSA) is 114 Å². The summed E-state index contributed by atoms with van der Waals surface area (Å²) < 4.78 is 0. The molecule has 0 spiro atoms. The van der Waals surface area contributed by atoms with Crippen LogP contribution in [-0.4, -0.2) is 80.6 Å². The van der Waals surface area contributed by atoms with Crippen LogP contribution in [0, 0.1) is 11.8 Å². The van der Waals surface area contributed by atoms with Crippen LogP contribution in [0.1, 0.15) is 65.6 Å². The maximum Gasteiger partial charge on any atom is 0.321 e. The van der Waals surface area contributed by atoms with Crippen molar-refractivity contribution in [3.8, 4) is 0 Å². The van der Waals surface area contributed by atoms with Gasteiger partial charge in [0.15, 0.2) is 5.82 Å². The van der Waals surface area contributed by atoms with Gasteiger partial charge in [0.2, 0.25) is 0 Å². The molecule has 3 aliphatic heterocycles. The predicted molar refractivity (Wildman–Crippen MR) is 136 cm³/mol. The van der Waals surface area contributed by atoms with Crippen molar-refractivity contribution in [2.75, 3.05) is 32.0 Å². The van der Waals surface area contributed by atoms with E-state index in [0.717, 1.165) is 37.3 Å². The summed E-state index contributed by atoms with van der Waals surface area (Å²) in [6.45, 7) is 15.7. The minimum Gasteiger partial charge on any atom is -0.319 e. The fourth-order valence-corrected chi connectivity index (χ4v) is 5.50. The number of carbonyl (C=O) groups excluding carboxylic acids is 2. The molecular weight excluding hydrogens is 444 g/mol. The number of urea groups is 1. The highest BCUT2D eigenvalue weighted by atomic mass is 16.2. The SMILES string of the molecule is CC(C)C(C)/C=C(/C(=O)Nc1n[nH]c2c1CN(C(=O)N1CC3CCCN3CC1C)C2(C)C)N(C)N. The van der Waals surface area contributed by atoms with Crippen LogP contribution in [-0.2, 0) is 16.9 Å². The number of amides is 3. The average Bonchev–Trinajstić information content (AvgIpc) is 3.46. The van der Waals surface area contributed by atoms with Gasteiger partial charge in [-0.3, -0.25) is 14.8 Å². The number of likely N-dealkylation sites (N-methyl/N-ethyl adjacent to an activating group) is 1. The molecule has 2 saturated heterocycles. The maximum atomic E-state index is 13.8. The number of hydrogen-bond donors (Lipinski definition) is 3. The van der Waals surface area contributed by atoms with Crippen LogP contribution < -0.4 is 11.2 Å². The molecule has 0 aliphatic carbocycles. The van der Waals surface area contributed by atoms with Gasteiger partial charge >= 0.3 is 6.03 Å². The first kappa shape index (κ1) is 25.5. The molecule has 4 N–H and O–H groups in total. The zero-order valence-corrected chi connectivity index (χ0v) is 22.3. The number of anilines is 1. The van der Waals surface area contributed by atoms with Gasteiger partial charge in [-0.1, -0.05) is 26.8 Å². The standard InChI is InChI=1S/C25H42N8O2/c1-15(2)16(3)11-20(30(7)26)23(34)27-22-19-14-33(25(5,6)21(19)28-29-22)24(35)32-13-18-9-8-10-31(18)12-17(32)4/h11,15-18H,8-10,12-14,26H2,1-7H3,(H2,27,28,29,34)/b20-11-. The molecule has 2 fully saturated rings. The Kier molecular flexibility index (Phi) is 6.89. The number of piperazine rings is 1. The molecule has 10 heteroatoms. The number of rotatable bonds is 5. The van der Waals surface area contributed by atoms with Crippen molar-refractivity contribution in [3.63, 3.8) is 0 Å². The molecule has 3 atom stereocenters. The smallest absolute Gasteiger partial charge is 0.319 e. The lowest BCUT2D eigenvalue weighted by Gasteiger charge is -2.45. The second kappa shape index (κ2) is 9.46. The number of aromatic nitrogens is 2. The lowest BCUT2D eigenvalue weighted by molar-refractivity contribution is -0.114. The molecule has 0 aromatic carbocycles. The highest BCUT2D eigenvalue weighted by molar-refractivity contribution is 6.03. The van der Waals surface area contributed by atoms with E-state index in [4.69, 9.17) is 5.84 Å². The van der Waals surface area contributed by atoms with Crippen LogP contribution >= 0.6 is 0 Å². The lowest BCUT2D eigenvalue weighted by atomic mass is 9.97. The minimum absolute atomic E-state index is 0.0453. The summed E-state index contributed by atoms with van der Waals surface area (Å²) in [5.74, 6) is 6.67. The highest BCUT2D eigenvalue weighted by Gasteiger charge is 2.47. The van der Waals surface area contributed by atoms with Crippen LogP contribution in [0.3, 0.4) is 0 Å². The fourth-order valence-electron chi connectivity index (χ4n) is 5.50. The van der Waals surface area contributed by atoms with Crippen molar-refractivity contribution in [2.45, 2.75) is 78.6 Å². The Labute approximate surface area is 208 Å². The molecule has 3 amide bonds. The Morgan fingerprint density at radius 2 is 2.00 bits per heavy atom. The summed E-state index contributed by atoms with van der Waals surface area (Å²) in [6, 6.07) is 0.672. The Bertz CT molecular complexity index is 998. The van der Waals surface area contributed by atoms with E-state index in [1.54, 1.807) is 7.05 Å². The zero-order valence-electron chi connectivity index (χ0n) is 22.3. The van der Waals surface area contributed by atoms with Crippen LogP contribution in [0.4, 0.5) is 10.6 Å². The first-order valence-electron chi connectivity index (χ1n) is 12.8. The molecular formula is C25H42N8O2. The van der Waals surface area contributed by atoms with Crippen LogP contribution in [0.5, 0.6) is 0 Å². The van der Waals surface area contributed by atoms with E-state index >= 15 is 0 Å². The number of H-pyrrole nitrogens is 1. The first-order chi connectivity index (χ1) is 16.4. The third kappa shape index (κ3) is 4.65. The summed E-state index contributed by atoms with van der Waals surface area (Å²) >= 11 is 0. The maximum absolute atomic E-state index is 13.8. The number of nitrogens with one attached hydrogen (secondary N) is 2. The predicted octanol–water partition coefficient (Wildman–Crippen LogP) is 2.67. The molecule has 194 valence electrons. The number of aromatic amines is 1. The monoisotopic (exact) mass is 486 g/mol. The van der Waals surface area contributed by atoms with Gasteiger partial charge in [-0.05, 0) is 52.0 Å². The van der Waals surface area contributed by atoms with Gasteiger partial charge in [0.25, 0.3) is 5.91 Å². The van der Waals surface area contributed by atoms with E-state index in [1.165, 1.54) is 11.4 Å². The van der Waals surface area contributed by atoms with Crippen LogP contribution in [0.25, 0.3) is 0 Å². The summed E-state index contributed by atoms with van der Waals surface area (Å²) in [7, 11) is 1.65. The second-order valence-corrected chi connectivity index (χ2v) is 11.4. The molecule has 3 aliphatic rings. The number of allylic oxidation sites excluding steroid dienone is 1. The second-order valence-electron chi connectivity index (χ2n) is 11.4. The molecule has 1 aromatic heterocycles. The van der Waals surface area contributed by atoms with Gasteiger partial charge in [-0.25, -0.2) is 10.6 Å². The first-order valence-corrected chi connectivity index (χ1v) is 12.8. The van der Waals surface area contributed by atoms with Gasteiger partial charge in [0.1, 0.15) is 5.70 Å². The zero-order chi connectivity index (χ0) is 25.7. The summed E-state index contributed by atoms with van der Waals surface area (Å²) in [5, 5.41) is 11.8. The molecule has 10 nitrogen and oxygen atoms in total. The fraction of sp³-hybridized carbons (Fsp3) is 0.720. The molecule has 4 heterocycles. The van der Waals surface area contributed by atoms with E-state index < -0.39 is 5.54 Å². The van der Waals surface area contributed by atoms with Gasteiger partial charge < -0.3 is 20.1 Å². The highest BCUT2D eigenvalue weighted by Crippen LogP contribution is 2.42. The Morgan fingerprint density at radius 3 is 2.66 bits per heavy atom. The van der Waals surface area contributed by atoms with E-state index in [0.29, 0.717) is 30.0 Å². The number of fused-ring (bicyclic) bond motifs is 2. The quantitative estimate of drug-likeness (QED) is 0.335. The van der Waals surface area contributed by atoms with Gasteiger partial charge in [0.05, 0.1) is 17.8 Å². The van der Waals surface area contributed by atoms with E-state index in [9.17, 15) is 9.59 Å². The van der Waals surface area contributed by atoms with Crippen molar-refractivity contribution >= 4 is 17.8 Å². The largest absolute Gasteiger partial charge is 0.321 e.